The van der Waals surface area contributed by atoms with Crippen molar-refractivity contribution < 1.29 is 62.2 Å². The number of alkyl halides is 7. The van der Waals surface area contributed by atoms with Gasteiger partial charge in [0.1, 0.15) is 46.0 Å². The molecule has 0 heterocycles. The van der Waals surface area contributed by atoms with Gasteiger partial charge in [-0.2, -0.15) is 17.6 Å². The summed E-state index contributed by atoms with van der Waals surface area (Å²) in [6.07, 6.45) is -14.9. The molecule has 0 aliphatic carbocycles. The highest BCUT2D eigenvalue weighted by Crippen LogP contribution is 2.42. The average Bonchev–Trinajstić information content (AvgIpc) is 2.94. The lowest BCUT2D eigenvalue weighted by atomic mass is 9.96. The highest BCUT2D eigenvalue weighted by atomic mass is 19.4. The third kappa shape index (κ3) is 7.23. The lowest BCUT2D eigenvalue weighted by Gasteiger charge is -2.22. The number of fused-ring (bicyclic) bond motifs is 1. The molecule has 0 aliphatic heterocycles. The van der Waals surface area contributed by atoms with Crippen LogP contribution in [0.25, 0.3) is 33.0 Å². The lowest BCUT2D eigenvalue weighted by molar-refractivity contribution is -0.432. The zero-order valence-electron chi connectivity index (χ0n) is 24.3. The van der Waals surface area contributed by atoms with E-state index in [-0.39, 0.29) is 17.7 Å². The van der Waals surface area contributed by atoms with E-state index in [1.165, 1.54) is 12.1 Å². The second-order valence-corrected chi connectivity index (χ2v) is 10.6. The highest BCUT2D eigenvalue weighted by Gasteiger charge is 2.50. The number of halogens is 12. The first-order valence-electron chi connectivity index (χ1n) is 13.9. The molecule has 0 amide bonds. The predicted molar refractivity (Wildman–Crippen MR) is 151 cm³/mol. The minimum absolute atomic E-state index is 0.344. The molecule has 0 N–H and O–H groups in total. The summed E-state index contributed by atoms with van der Waals surface area (Å²) in [4.78, 5) is 0. The first-order valence-corrected chi connectivity index (χ1v) is 13.9. The van der Waals surface area contributed by atoms with Crippen LogP contribution in [-0.2, 0) is 23.4 Å². The summed E-state index contributed by atoms with van der Waals surface area (Å²) in [5, 5.41) is 1.85. The van der Waals surface area contributed by atoms with E-state index < -0.39 is 70.1 Å². The summed E-state index contributed by atoms with van der Waals surface area (Å²) >= 11 is 0. The van der Waals surface area contributed by atoms with Crippen LogP contribution in [0.15, 0.2) is 78.9 Å². The molecular formula is C34H20F12O2. The van der Waals surface area contributed by atoms with Gasteiger partial charge in [0.15, 0.2) is 0 Å². The molecule has 5 rings (SSSR count). The summed E-state index contributed by atoms with van der Waals surface area (Å²) in [5.41, 5.74) is -3.39. The minimum atomic E-state index is -6.05. The van der Waals surface area contributed by atoms with Gasteiger partial charge in [0.25, 0.3) is 0 Å². The van der Waals surface area contributed by atoms with E-state index in [0.717, 1.165) is 35.2 Å². The Morgan fingerprint density at radius 2 is 1.02 bits per heavy atom. The second-order valence-electron chi connectivity index (χ2n) is 10.6. The molecule has 0 saturated heterocycles. The molecule has 0 bridgehead atoms. The van der Waals surface area contributed by atoms with Crippen molar-refractivity contribution in [1.82, 2.24) is 0 Å². The van der Waals surface area contributed by atoms with Gasteiger partial charge in [0.05, 0.1) is 0 Å². The van der Waals surface area contributed by atoms with Crippen molar-refractivity contribution in [2.75, 3.05) is 0 Å². The SMILES string of the molecule is CCCc1ccc2cc(-c3ccc(-c4cc(F)c(C(F)(F)Oc5cc(F)c(C(F)(F)OC(F)(F)F)c(F)c5)c(F)c4)c(F)c3)ccc2c1. The largest absolute Gasteiger partial charge is 0.527 e. The standard InChI is InChI=1S/C34H20F12O2/c1-2-3-17-4-5-19-11-20(7-6-18(19)10-17)21-8-9-24(25(35)12-21)22-13-26(36)30(27(37)14-22)32(40,41)47-23-15-28(38)31(29(39)16-23)33(42,43)48-34(44,45)46/h4-16H,2-3H2,1H3. The van der Waals surface area contributed by atoms with Crippen molar-refractivity contribution >= 4 is 10.8 Å². The van der Waals surface area contributed by atoms with Gasteiger partial charge in [0, 0.05) is 17.7 Å². The van der Waals surface area contributed by atoms with Crippen LogP contribution in [0.4, 0.5) is 52.7 Å². The van der Waals surface area contributed by atoms with Crippen LogP contribution in [0, 0.1) is 29.1 Å². The van der Waals surface area contributed by atoms with Crippen LogP contribution in [-0.4, -0.2) is 6.36 Å². The molecule has 0 fully saturated rings. The Kier molecular flexibility index (Phi) is 9.17. The number of hydrogen-bond donors (Lipinski definition) is 0. The second kappa shape index (κ2) is 12.7. The smallest absolute Gasteiger partial charge is 0.429 e. The van der Waals surface area contributed by atoms with E-state index in [1.807, 2.05) is 30.3 Å². The number of rotatable bonds is 9. The quantitative estimate of drug-likeness (QED) is 0.144. The van der Waals surface area contributed by atoms with Crippen LogP contribution >= 0.6 is 0 Å². The average molecular weight is 689 g/mol. The van der Waals surface area contributed by atoms with Crippen molar-refractivity contribution in [3.8, 4) is 28.0 Å². The molecule has 252 valence electrons. The normalized spacial score (nSPS) is 12.5. The van der Waals surface area contributed by atoms with Gasteiger partial charge in [-0.05, 0) is 63.7 Å². The lowest BCUT2D eigenvalue weighted by Crippen LogP contribution is -2.30. The van der Waals surface area contributed by atoms with Crippen LogP contribution in [0.1, 0.15) is 30.0 Å². The fourth-order valence-electron chi connectivity index (χ4n) is 5.14. The molecular weight excluding hydrogens is 668 g/mol. The van der Waals surface area contributed by atoms with E-state index in [1.54, 1.807) is 6.07 Å². The monoisotopic (exact) mass is 688 g/mol. The molecule has 14 heteroatoms. The molecule has 0 radical (unpaired) electrons. The first-order chi connectivity index (χ1) is 22.4. The van der Waals surface area contributed by atoms with Gasteiger partial charge in [-0.15, -0.1) is 13.2 Å². The molecule has 48 heavy (non-hydrogen) atoms. The Morgan fingerprint density at radius 3 is 1.60 bits per heavy atom. The molecule has 5 aromatic rings. The van der Waals surface area contributed by atoms with Gasteiger partial charge >= 0.3 is 18.6 Å². The van der Waals surface area contributed by atoms with Crippen LogP contribution < -0.4 is 4.74 Å². The Balaban J connectivity index is 1.41. The maximum absolute atomic E-state index is 15.2. The van der Waals surface area contributed by atoms with Crippen molar-refractivity contribution in [2.45, 2.75) is 38.3 Å². The fraction of sp³-hybridized carbons (Fsp3) is 0.176. The van der Waals surface area contributed by atoms with Crippen molar-refractivity contribution in [3.05, 3.63) is 125 Å². The zero-order chi connectivity index (χ0) is 35.2. The van der Waals surface area contributed by atoms with E-state index in [4.69, 9.17) is 0 Å². The van der Waals surface area contributed by atoms with Gasteiger partial charge in [-0.3, -0.25) is 0 Å². The third-order valence-electron chi connectivity index (χ3n) is 7.19. The summed E-state index contributed by atoms with van der Waals surface area (Å²) in [5.74, 6) is -11.6. The van der Waals surface area contributed by atoms with Crippen molar-refractivity contribution in [1.29, 1.82) is 0 Å². The van der Waals surface area contributed by atoms with Gasteiger partial charge in [0.2, 0.25) is 0 Å². The summed E-state index contributed by atoms with van der Waals surface area (Å²) in [6.45, 7) is 2.06. The van der Waals surface area contributed by atoms with E-state index >= 15 is 4.39 Å². The first kappa shape index (κ1) is 34.6. The highest BCUT2D eigenvalue weighted by molar-refractivity contribution is 5.88. The molecule has 0 spiro atoms. The molecule has 0 aliphatic rings. The van der Waals surface area contributed by atoms with Gasteiger partial charge < -0.3 is 4.74 Å². The van der Waals surface area contributed by atoms with Crippen molar-refractivity contribution in [2.24, 2.45) is 0 Å². The van der Waals surface area contributed by atoms with Crippen LogP contribution in [0.3, 0.4) is 0 Å². The summed E-state index contributed by atoms with van der Waals surface area (Å²) < 4.78 is 174. The van der Waals surface area contributed by atoms with Crippen molar-refractivity contribution in [3.63, 3.8) is 0 Å². The Hall–Kier alpha value is -4.72. The number of aryl methyl sites for hydroxylation is 1. The predicted octanol–water partition coefficient (Wildman–Crippen LogP) is 11.5. The number of benzene rings is 5. The fourth-order valence-corrected chi connectivity index (χ4v) is 5.14. The molecule has 0 unspecified atom stereocenters. The topological polar surface area (TPSA) is 18.5 Å². The van der Waals surface area contributed by atoms with E-state index in [9.17, 15) is 48.3 Å². The van der Waals surface area contributed by atoms with Gasteiger partial charge in [-0.1, -0.05) is 55.8 Å². The Morgan fingerprint density at radius 1 is 0.521 bits per heavy atom. The van der Waals surface area contributed by atoms with Gasteiger partial charge in [-0.25, -0.2) is 26.7 Å². The van der Waals surface area contributed by atoms with Crippen LogP contribution in [0.5, 0.6) is 5.75 Å². The molecule has 0 atom stereocenters. The maximum atomic E-state index is 15.2. The van der Waals surface area contributed by atoms with E-state index in [2.05, 4.69) is 16.4 Å². The zero-order valence-corrected chi connectivity index (χ0v) is 24.3. The minimum Gasteiger partial charge on any atom is -0.429 e. The number of ether oxygens (including phenoxy) is 2. The van der Waals surface area contributed by atoms with Crippen LogP contribution in [0.2, 0.25) is 0 Å². The molecule has 2 nitrogen and oxygen atoms in total. The van der Waals surface area contributed by atoms with E-state index in [0.29, 0.717) is 23.3 Å². The third-order valence-corrected chi connectivity index (χ3v) is 7.19. The molecule has 5 aromatic carbocycles. The maximum Gasteiger partial charge on any atom is 0.527 e. The Bertz CT molecular complexity index is 1960. The number of hydrogen-bond acceptors (Lipinski definition) is 2. The molecule has 0 aromatic heterocycles. The molecule has 0 saturated carbocycles. The summed E-state index contributed by atoms with van der Waals surface area (Å²) in [6, 6.07) is 15.1. The summed E-state index contributed by atoms with van der Waals surface area (Å²) in [7, 11) is 0. The Labute approximate surface area is 264 Å².